The van der Waals surface area contributed by atoms with Gasteiger partial charge in [0.05, 0.1) is 18.6 Å². The first kappa shape index (κ1) is 22.5. The standard InChI is InChI=1S/C25H25NO7S/c1-13-17(8-15-4-6-19-20(10-15)33-12-32-19)22(25(29)30-2)23(34-13)26-21(27)11-31-24(28)18-9-14-3-5-16(18)7-14/h3-6,10,14,16,18H,7-9,11-12H2,1-2H3,(H,26,27). The molecule has 2 heterocycles. The van der Waals surface area contributed by atoms with Gasteiger partial charge in [-0.15, -0.1) is 11.3 Å². The van der Waals surface area contributed by atoms with Crippen LogP contribution in [0.15, 0.2) is 30.4 Å². The smallest absolute Gasteiger partial charge is 0.341 e. The number of carbonyl (C=O) groups is 3. The van der Waals surface area contributed by atoms with Gasteiger partial charge in [0.25, 0.3) is 5.91 Å². The number of allylic oxidation sites excluding steroid dienone is 2. The van der Waals surface area contributed by atoms with Crippen LogP contribution in [-0.4, -0.2) is 38.4 Å². The maximum Gasteiger partial charge on any atom is 0.341 e. The van der Waals surface area contributed by atoms with Gasteiger partial charge in [-0.2, -0.15) is 0 Å². The molecule has 3 unspecified atom stereocenters. The van der Waals surface area contributed by atoms with Gasteiger partial charge >= 0.3 is 11.9 Å². The van der Waals surface area contributed by atoms with Crippen LogP contribution in [0.2, 0.25) is 0 Å². The molecule has 5 rings (SSSR count). The van der Waals surface area contributed by atoms with Gasteiger partial charge in [0, 0.05) is 4.88 Å². The summed E-state index contributed by atoms with van der Waals surface area (Å²) in [7, 11) is 1.30. The van der Waals surface area contributed by atoms with E-state index < -0.39 is 18.5 Å². The lowest BCUT2D eigenvalue weighted by molar-refractivity contribution is -0.152. The predicted molar refractivity (Wildman–Crippen MR) is 124 cm³/mol. The Morgan fingerprint density at radius 2 is 1.97 bits per heavy atom. The largest absolute Gasteiger partial charge is 0.465 e. The van der Waals surface area contributed by atoms with E-state index in [1.54, 1.807) is 0 Å². The third-order valence-electron chi connectivity index (χ3n) is 6.60. The molecule has 1 aromatic heterocycles. The zero-order valence-electron chi connectivity index (χ0n) is 18.9. The molecule has 9 heteroatoms. The van der Waals surface area contributed by atoms with Gasteiger partial charge in [0.1, 0.15) is 5.00 Å². The van der Waals surface area contributed by atoms with E-state index in [2.05, 4.69) is 17.5 Å². The number of hydrogen-bond acceptors (Lipinski definition) is 8. The molecule has 0 spiro atoms. The molecule has 3 atom stereocenters. The number of anilines is 1. The summed E-state index contributed by atoms with van der Waals surface area (Å²) in [5, 5.41) is 3.12. The number of esters is 2. The van der Waals surface area contributed by atoms with Crippen molar-refractivity contribution in [2.24, 2.45) is 17.8 Å². The number of ether oxygens (including phenoxy) is 4. The Labute approximate surface area is 200 Å². The topological polar surface area (TPSA) is 100 Å². The predicted octanol–water partition coefficient (Wildman–Crippen LogP) is 3.86. The first-order chi connectivity index (χ1) is 16.4. The number of benzene rings is 1. The van der Waals surface area contributed by atoms with E-state index in [0.717, 1.165) is 28.8 Å². The summed E-state index contributed by atoms with van der Waals surface area (Å²) in [5.41, 5.74) is 2.00. The Morgan fingerprint density at radius 3 is 2.71 bits per heavy atom. The van der Waals surface area contributed by atoms with Crippen LogP contribution >= 0.6 is 11.3 Å². The number of thiophene rings is 1. The highest BCUT2D eigenvalue weighted by molar-refractivity contribution is 7.16. The summed E-state index contributed by atoms with van der Waals surface area (Å²) >= 11 is 1.29. The molecule has 1 fully saturated rings. The molecule has 3 aliphatic rings. The number of amides is 1. The molecule has 1 N–H and O–H groups in total. The van der Waals surface area contributed by atoms with Crippen molar-refractivity contribution in [3.63, 3.8) is 0 Å². The highest BCUT2D eigenvalue weighted by Crippen LogP contribution is 2.44. The van der Waals surface area contributed by atoms with E-state index in [0.29, 0.717) is 34.4 Å². The number of aryl methyl sites for hydroxylation is 1. The molecule has 8 nitrogen and oxygen atoms in total. The SMILES string of the molecule is COC(=O)c1c(NC(=O)COC(=O)C2CC3C=CC2C3)sc(C)c1Cc1ccc2c(c1)OCO2. The fourth-order valence-electron chi connectivity index (χ4n) is 4.91. The van der Waals surface area contributed by atoms with E-state index in [-0.39, 0.29) is 24.6 Å². The van der Waals surface area contributed by atoms with E-state index in [4.69, 9.17) is 18.9 Å². The van der Waals surface area contributed by atoms with Gasteiger partial charge in [-0.1, -0.05) is 18.2 Å². The van der Waals surface area contributed by atoms with E-state index in [1.807, 2.05) is 25.1 Å². The monoisotopic (exact) mass is 483 g/mol. The second-order valence-electron chi connectivity index (χ2n) is 8.74. The molecule has 1 amide bonds. The van der Waals surface area contributed by atoms with Crippen LogP contribution in [0.1, 0.15) is 39.2 Å². The van der Waals surface area contributed by atoms with E-state index >= 15 is 0 Å². The van der Waals surface area contributed by atoms with Gasteiger partial charge in [-0.25, -0.2) is 4.79 Å². The molecule has 2 aliphatic carbocycles. The van der Waals surface area contributed by atoms with E-state index in [9.17, 15) is 14.4 Å². The van der Waals surface area contributed by atoms with Crippen molar-refractivity contribution in [3.05, 3.63) is 51.9 Å². The van der Waals surface area contributed by atoms with Crippen molar-refractivity contribution in [1.82, 2.24) is 0 Å². The zero-order valence-corrected chi connectivity index (χ0v) is 19.7. The maximum absolute atomic E-state index is 12.6. The third-order valence-corrected chi connectivity index (χ3v) is 7.66. The first-order valence-electron chi connectivity index (χ1n) is 11.2. The Kier molecular flexibility index (Phi) is 6.03. The van der Waals surface area contributed by atoms with Crippen LogP contribution in [-0.2, 0) is 25.5 Å². The second kappa shape index (κ2) is 9.13. The van der Waals surface area contributed by atoms with Crippen LogP contribution in [0.25, 0.3) is 0 Å². The van der Waals surface area contributed by atoms with Crippen LogP contribution in [0.4, 0.5) is 5.00 Å². The lowest BCUT2D eigenvalue weighted by Crippen LogP contribution is -2.27. The molecule has 178 valence electrons. The van der Waals surface area contributed by atoms with Gasteiger partial charge < -0.3 is 24.3 Å². The van der Waals surface area contributed by atoms with Gasteiger partial charge in [-0.3, -0.25) is 9.59 Å². The van der Waals surface area contributed by atoms with Crippen molar-refractivity contribution in [3.8, 4) is 11.5 Å². The minimum absolute atomic E-state index is 0.175. The van der Waals surface area contributed by atoms with Crippen molar-refractivity contribution < 1.29 is 33.3 Å². The Morgan fingerprint density at radius 1 is 1.15 bits per heavy atom. The molecule has 1 saturated carbocycles. The second-order valence-corrected chi connectivity index (χ2v) is 9.96. The summed E-state index contributed by atoms with van der Waals surface area (Å²) in [4.78, 5) is 38.5. The summed E-state index contributed by atoms with van der Waals surface area (Å²) < 4.78 is 21.1. The Bertz CT molecular complexity index is 1180. The average Bonchev–Trinajstić information content (AvgIpc) is 3.62. The minimum Gasteiger partial charge on any atom is -0.465 e. The van der Waals surface area contributed by atoms with Crippen molar-refractivity contribution in [2.45, 2.75) is 26.2 Å². The number of hydrogen-bond donors (Lipinski definition) is 1. The summed E-state index contributed by atoms with van der Waals surface area (Å²) in [6, 6.07) is 5.62. The summed E-state index contributed by atoms with van der Waals surface area (Å²) in [5.74, 6) is 0.446. The zero-order chi connectivity index (χ0) is 23.8. The van der Waals surface area contributed by atoms with E-state index in [1.165, 1.54) is 18.4 Å². The third kappa shape index (κ3) is 4.27. The van der Waals surface area contributed by atoms with Crippen LogP contribution < -0.4 is 14.8 Å². The maximum atomic E-state index is 12.6. The van der Waals surface area contributed by atoms with Crippen LogP contribution in [0.5, 0.6) is 11.5 Å². The molecule has 1 aromatic carbocycles. The fraction of sp³-hybridized carbons (Fsp3) is 0.400. The highest BCUT2D eigenvalue weighted by atomic mass is 32.1. The molecular formula is C25H25NO7S. The number of carbonyl (C=O) groups excluding carboxylic acids is 3. The molecule has 1 aliphatic heterocycles. The molecule has 0 saturated heterocycles. The van der Waals surface area contributed by atoms with Gasteiger partial charge in [-0.05, 0) is 61.3 Å². The van der Waals surface area contributed by atoms with Crippen LogP contribution in [0.3, 0.4) is 0 Å². The minimum atomic E-state index is -0.541. The summed E-state index contributed by atoms with van der Waals surface area (Å²) in [6.45, 7) is 1.67. The van der Waals surface area contributed by atoms with Crippen molar-refractivity contribution >= 4 is 34.2 Å². The first-order valence-corrected chi connectivity index (χ1v) is 12.0. The summed E-state index contributed by atoms with van der Waals surface area (Å²) in [6.07, 6.45) is 6.43. The van der Waals surface area contributed by atoms with Gasteiger partial charge in [0.15, 0.2) is 18.1 Å². The average molecular weight is 484 g/mol. The van der Waals surface area contributed by atoms with Crippen molar-refractivity contribution in [1.29, 1.82) is 0 Å². The fourth-order valence-corrected chi connectivity index (χ4v) is 5.99. The number of methoxy groups -OCH3 is 1. The normalized spacial score (nSPS) is 21.5. The van der Waals surface area contributed by atoms with Crippen LogP contribution in [0, 0.1) is 24.7 Å². The quantitative estimate of drug-likeness (QED) is 0.472. The molecule has 2 aromatic rings. The molecule has 34 heavy (non-hydrogen) atoms. The highest BCUT2D eigenvalue weighted by Gasteiger charge is 2.41. The molecular weight excluding hydrogens is 458 g/mol. The lowest BCUT2D eigenvalue weighted by Gasteiger charge is -2.16. The number of fused-ring (bicyclic) bond motifs is 3. The van der Waals surface area contributed by atoms with Gasteiger partial charge in [0.2, 0.25) is 6.79 Å². The Balaban J connectivity index is 1.28. The lowest BCUT2D eigenvalue weighted by atomic mass is 9.94. The number of rotatable bonds is 7. The Hall–Kier alpha value is -3.33. The molecule has 0 radical (unpaired) electrons. The number of nitrogens with one attached hydrogen (secondary N) is 1. The van der Waals surface area contributed by atoms with Crippen molar-refractivity contribution in [2.75, 3.05) is 25.8 Å². The molecule has 2 bridgehead atoms.